The molecule has 1 saturated carbocycles. The minimum Gasteiger partial charge on any atom is -0.326 e. The summed E-state index contributed by atoms with van der Waals surface area (Å²) in [5.74, 6) is -0.486. The first-order valence-electron chi connectivity index (χ1n) is 12.1. The molecule has 1 aliphatic carbocycles. The van der Waals surface area contributed by atoms with E-state index in [9.17, 15) is 9.59 Å². The largest absolute Gasteiger partial charge is 0.326 e. The highest BCUT2D eigenvalue weighted by Gasteiger charge is 2.31. The number of hydrogen-bond donors (Lipinski definition) is 2. The number of hydrogen-bond acceptors (Lipinski definition) is 6. The van der Waals surface area contributed by atoms with Crippen molar-refractivity contribution < 1.29 is 9.59 Å². The lowest BCUT2D eigenvalue weighted by atomic mass is 9.80. The molecule has 2 unspecified atom stereocenters. The summed E-state index contributed by atoms with van der Waals surface area (Å²) >= 11 is 0. The van der Waals surface area contributed by atoms with Gasteiger partial charge in [0.05, 0.1) is 13.1 Å². The first-order valence-corrected chi connectivity index (χ1v) is 12.1. The van der Waals surface area contributed by atoms with Crippen LogP contribution < -0.4 is 10.6 Å². The summed E-state index contributed by atoms with van der Waals surface area (Å²) in [6.07, 6.45) is 9.25. The molecule has 0 radical (unpaired) electrons. The number of rotatable bonds is 8. The average Bonchev–Trinajstić information content (AvgIpc) is 3.59. The molecule has 0 saturated heterocycles. The van der Waals surface area contributed by atoms with Gasteiger partial charge in [0.15, 0.2) is 0 Å². The van der Waals surface area contributed by atoms with Gasteiger partial charge in [0.1, 0.15) is 25.3 Å². The summed E-state index contributed by atoms with van der Waals surface area (Å²) in [4.78, 5) is 34.0. The Bertz CT molecular complexity index is 1200. The first-order chi connectivity index (χ1) is 17.6. The van der Waals surface area contributed by atoms with Gasteiger partial charge in [-0.3, -0.25) is 9.59 Å². The van der Waals surface area contributed by atoms with Gasteiger partial charge in [0.25, 0.3) is 0 Å². The van der Waals surface area contributed by atoms with Crippen LogP contribution in [-0.4, -0.2) is 41.3 Å². The van der Waals surface area contributed by atoms with Crippen LogP contribution in [0.1, 0.15) is 36.8 Å². The second kappa shape index (κ2) is 10.9. The average molecular weight is 485 g/mol. The molecule has 2 N–H and O–H groups in total. The minimum atomic E-state index is -0.202. The van der Waals surface area contributed by atoms with Gasteiger partial charge in [0.2, 0.25) is 11.8 Å². The van der Waals surface area contributed by atoms with E-state index >= 15 is 0 Å². The molecule has 10 nitrogen and oxygen atoms in total. The lowest BCUT2D eigenvalue weighted by Crippen LogP contribution is -2.33. The Balaban J connectivity index is 1.16. The van der Waals surface area contributed by atoms with Gasteiger partial charge in [-0.15, -0.1) is 0 Å². The SMILES string of the molecule is O=C(Nc1cccc(Cn2cncn2)c1)C1CCCC(C(=O)Nc2cccc(Cn3cncn3)c2)C1. The fraction of sp³-hybridized carbons (Fsp3) is 0.308. The highest BCUT2D eigenvalue weighted by atomic mass is 16.2. The lowest BCUT2D eigenvalue weighted by molar-refractivity contribution is -0.124. The summed E-state index contributed by atoms with van der Waals surface area (Å²) in [7, 11) is 0. The molecule has 1 fully saturated rings. The maximum Gasteiger partial charge on any atom is 0.227 e. The van der Waals surface area contributed by atoms with Gasteiger partial charge < -0.3 is 10.6 Å². The molecule has 2 atom stereocenters. The Hall–Kier alpha value is -4.34. The van der Waals surface area contributed by atoms with Crippen molar-refractivity contribution in [2.24, 2.45) is 11.8 Å². The number of benzene rings is 2. The Morgan fingerprint density at radius 1 is 0.778 bits per heavy atom. The van der Waals surface area contributed by atoms with E-state index in [0.29, 0.717) is 19.5 Å². The third-order valence-electron chi connectivity index (χ3n) is 6.43. The highest BCUT2D eigenvalue weighted by molar-refractivity contribution is 5.95. The molecule has 10 heteroatoms. The van der Waals surface area contributed by atoms with Crippen LogP contribution in [0.4, 0.5) is 11.4 Å². The number of amides is 2. The second-order valence-electron chi connectivity index (χ2n) is 9.13. The fourth-order valence-electron chi connectivity index (χ4n) is 4.65. The summed E-state index contributed by atoms with van der Waals surface area (Å²) in [6, 6.07) is 15.4. The molecule has 2 heterocycles. The van der Waals surface area contributed by atoms with E-state index in [4.69, 9.17) is 0 Å². The van der Waals surface area contributed by atoms with Gasteiger partial charge in [-0.2, -0.15) is 10.2 Å². The molecule has 0 aliphatic heterocycles. The number of carbonyl (C=O) groups excluding carboxylic acids is 2. The number of nitrogens with one attached hydrogen (secondary N) is 2. The summed E-state index contributed by atoms with van der Waals surface area (Å²) in [5.41, 5.74) is 3.53. The van der Waals surface area contributed by atoms with Crippen LogP contribution in [0.25, 0.3) is 0 Å². The van der Waals surface area contributed by atoms with Crippen molar-refractivity contribution >= 4 is 23.2 Å². The Morgan fingerprint density at radius 3 is 1.72 bits per heavy atom. The monoisotopic (exact) mass is 484 g/mol. The quantitative estimate of drug-likeness (QED) is 0.396. The van der Waals surface area contributed by atoms with Crippen LogP contribution in [0.5, 0.6) is 0 Å². The fourth-order valence-corrected chi connectivity index (χ4v) is 4.65. The van der Waals surface area contributed by atoms with Gasteiger partial charge in [-0.25, -0.2) is 19.3 Å². The summed E-state index contributed by atoms with van der Waals surface area (Å²) < 4.78 is 3.46. The molecule has 4 aromatic rings. The molecule has 184 valence electrons. The van der Waals surface area contributed by atoms with Crippen molar-refractivity contribution in [3.63, 3.8) is 0 Å². The van der Waals surface area contributed by atoms with Gasteiger partial charge in [-0.1, -0.05) is 30.7 Å². The van der Waals surface area contributed by atoms with Crippen LogP contribution in [0, 0.1) is 11.8 Å². The number of anilines is 2. The maximum absolute atomic E-state index is 13.0. The van der Waals surface area contributed by atoms with Gasteiger partial charge in [-0.05, 0) is 54.7 Å². The normalized spacial score (nSPS) is 17.4. The predicted octanol–water partition coefficient (Wildman–Crippen LogP) is 3.35. The Labute approximate surface area is 208 Å². The minimum absolute atomic E-state index is 0.0414. The highest BCUT2D eigenvalue weighted by Crippen LogP contribution is 2.31. The Kier molecular flexibility index (Phi) is 7.11. The van der Waals surface area contributed by atoms with Crippen molar-refractivity contribution in [3.8, 4) is 0 Å². The van der Waals surface area contributed by atoms with Crippen LogP contribution in [0.2, 0.25) is 0 Å². The topological polar surface area (TPSA) is 120 Å². The lowest BCUT2D eigenvalue weighted by Gasteiger charge is -2.27. The molecule has 2 aromatic heterocycles. The van der Waals surface area contributed by atoms with E-state index < -0.39 is 0 Å². The van der Waals surface area contributed by atoms with Gasteiger partial charge >= 0.3 is 0 Å². The standard InChI is InChI=1S/C26H28N8O2/c35-25(31-23-8-1-4-19(10-23)13-33-17-27-15-29-33)21-6-3-7-22(12-21)26(36)32-24-9-2-5-20(11-24)14-34-18-28-16-30-34/h1-2,4-5,8-11,15-18,21-22H,3,6-7,12-14H2,(H,31,35)(H,32,36). The zero-order valence-corrected chi connectivity index (χ0v) is 19.8. The number of carbonyl (C=O) groups is 2. The number of nitrogens with zero attached hydrogens (tertiary/aromatic N) is 6. The van der Waals surface area contributed by atoms with Crippen LogP contribution in [0.3, 0.4) is 0 Å². The third-order valence-corrected chi connectivity index (χ3v) is 6.43. The molecular weight excluding hydrogens is 456 g/mol. The molecule has 2 aromatic carbocycles. The smallest absolute Gasteiger partial charge is 0.227 e. The summed E-state index contributed by atoms with van der Waals surface area (Å²) in [5, 5.41) is 14.3. The van der Waals surface area contributed by atoms with Gasteiger partial charge in [0, 0.05) is 23.2 Å². The maximum atomic E-state index is 13.0. The van der Waals surface area contributed by atoms with E-state index in [2.05, 4.69) is 30.8 Å². The molecule has 0 spiro atoms. The summed E-state index contributed by atoms with van der Waals surface area (Å²) in [6.45, 7) is 1.16. The number of aromatic nitrogens is 6. The van der Waals surface area contributed by atoms with Crippen LogP contribution in [0.15, 0.2) is 73.8 Å². The Morgan fingerprint density at radius 2 is 1.28 bits per heavy atom. The predicted molar refractivity (Wildman–Crippen MR) is 134 cm³/mol. The zero-order valence-electron chi connectivity index (χ0n) is 19.8. The van der Waals surface area contributed by atoms with E-state index in [1.807, 2.05) is 48.5 Å². The van der Waals surface area contributed by atoms with E-state index in [1.54, 1.807) is 22.0 Å². The molecule has 2 amide bonds. The third kappa shape index (κ3) is 6.01. The zero-order chi connectivity index (χ0) is 24.7. The van der Waals surface area contributed by atoms with E-state index in [0.717, 1.165) is 41.8 Å². The molecular formula is C26H28N8O2. The van der Waals surface area contributed by atoms with Crippen LogP contribution >= 0.6 is 0 Å². The van der Waals surface area contributed by atoms with Crippen molar-refractivity contribution in [1.82, 2.24) is 29.5 Å². The van der Waals surface area contributed by atoms with Crippen molar-refractivity contribution in [2.45, 2.75) is 38.8 Å². The first kappa shape index (κ1) is 23.4. The van der Waals surface area contributed by atoms with Crippen LogP contribution in [-0.2, 0) is 22.7 Å². The van der Waals surface area contributed by atoms with Crippen molar-refractivity contribution in [2.75, 3.05) is 10.6 Å². The molecule has 5 rings (SSSR count). The molecule has 1 aliphatic rings. The van der Waals surface area contributed by atoms with Crippen molar-refractivity contribution in [1.29, 1.82) is 0 Å². The van der Waals surface area contributed by atoms with Crippen molar-refractivity contribution in [3.05, 3.63) is 85.0 Å². The molecule has 0 bridgehead atoms. The second-order valence-corrected chi connectivity index (χ2v) is 9.13. The molecule has 36 heavy (non-hydrogen) atoms. The van der Waals surface area contributed by atoms with E-state index in [1.165, 1.54) is 12.7 Å². The van der Waals surface area contributed by atoms with E-state index in [-0.39, 0.29) is 23.7 Å².